The molecule has 1 heterocycles. The second-order valence-corrected chi connectivity index (χ2v) is 5.19. The highest BCUT2D eigenvalue weighted by atomic mass is 32.1. The van der Waals surface area contributed by atoms with Crippen LogP contribution in [0.2, 0.25) is 0 Å². The van der Waals surface area contributed by atoms with Gasteiger partial charge in [-0.25, -0.2) is 4.63 Å². The van der Waals surface area contributed by atoms with Gasteiger partial charge in [0.25, 0.3) is 5.91 Å². The number of ether oxygens (including phenoxy) is 1. The van der Waals surface area contributed by atoms with E-state index >= 15 is 0 Å². The van der Waals surface area contributed by atoms with Crippen LogP contribution in [0.3, 0.4) is 0 Å². The fourth-order valence-electron chi connectivity index (χ4n) is 2.14. The average molecular weight is 342 g/mol. The number of aromatic nitrogens is 2. The molecule has 3 aromatic rings. The summed E-state index contributed by atoms with van der Waals surface area (Å²) < 4.78 is 10.2. The average Bonchev–Trinajstić information content (AvgIpc) is 3.08. The molecule has 0 aliphatic rings. The van der Waals surface area contributed by atoms with E-state index < -0.39 is 0 Å². The third-order valence-corrected chi connectivity index (χ3v) is 3.39. The lowest BCUT2D eigenvalue weighted by Gasteiger charge is -2.10. The number of hydrogen-bond donors (Lipinski definition) is 2. The van der Waals surface area contributed by atoms with Crippen molar-refractivity contribution in [2.45, 2.75) is 6.92 Å². The lowest BCUT2D eigenvalue weighted by molar-refractivity contribution is 0.0977. The van der Waals surface area contributed by atoms with E-state index in [1.165, 1.54) is 0 Å². The zero-order valence-corrected chi connectivity index (χ0v) is 13.6. The fourth-order valence-corrected chi connectivity index (χ4v) is 2.34. The molecule has 0 fully saturated rings. The molecule has 0 bridgehead atoms. The molecule has 2 N–H and O–H groups in total. The molecule has 24 heavy (non-hydrogen) atoms. The minimum Gasteiger partial charge on any atom is -0.491 e. The van der Waals surface area contributed by atoms with Crippen molar-refractivity contribution in [2.75, 3.05) is 11.9 Å². The van der Waals surface area contributed by atoms with Crippen LogP contribution in [0.1, 0.15) is 17.3 Å². The number of carbonyl (C=O) groups is 1. The highest BCUT2D eigenvalue weighted by Crippen LogP contribution is 2.28. The van der Waals surface area contributed by atoms with Crippen molar-refractivity contribution in [1.29, 1.82) is 0 Å². The Hall–Kier alpha value is -3.00. The molecule has 0 atom stereocenters. The van der Waals surface area contributed by atoms with Crippen LogP contribution < -0.4 is 15.4 Å². The first-order valence-corrected chi connectivity index (χ1v) is 7.65. The normalized spacial score (nSPS) is 10.4. The van der Waals surface area contributed by atoms with Gasteiger partial charge in [-0.2, -0.15) is 0 Å². The van der Waals surface area contributed by atoms with E-state index in [1.807, 2.05) is 13.0 Å². The SMILES string of the molecule is CCOc1ccc(NC(=S)NC(=O)c2ccccc2)c2nonc12. The van der Waals surface area contributed by atoms with Gasteiger partial charge in [0.1, 0.15) is 0 Å². The molecule has 0 aliphatic heterocycles. The molecule has 2 aromatic carbocycles. The largest absolute Gasteiger partial charge is 0.491 e. The van der Waals surface area contributed by atoms with E-state index in [4.69, 9.17) is 21.6 Å². The van der Waals surface area contributed by atoms with Gasteiger partial charge in [0, 0.05) is 5.56 Å². The molecule has 0 aliphatic carbocycles. The molecule has 0 saturated carbocycles. The maximum absolute atomic E-state index is 12.1. The highest BCUT2D eigenvalue weighted by Gasteiger charge is 2.14. The lowest BCUT2D eigenvalue weighted by Crippen LogP contribution is -2.34. The first-order valence-electron chi connectivity index (χ1n) is 7.24. The van der Waals surface area contributed by atoms with Crippen molar-refractivity contribution in [2.24, 2.45) is 0 Å². The molecular weight excluding hydrogens is 328 g/mol. The monoisotopic (exact) mass is 342 g/mol. The van der Waals surface area contributed by atoms with Crippen molar-refractivity contribution in [1.82, 2.24) is 15.6 Å². The van der Waals surface area contributed by atoms with Gasteiger partial charge < -0.3 is 10.1 Å². The molecule has 0 saturated heterocycles. The van der Waals surface area contributed by atoms with E-state index in [-0.39, 0.29) is 11.0 Å². The van der Waals surface area contributed by atoms with Crippen molar-refractivity contribution in [3.63, 3.8) is 0 Å². The molecular formula is C16H14N4O3S. The van der Waals surface area contributed by atoms with Crippen LogP contribution in [0.5, 0.6) is 5.75 Å². The van der Waals surface area contributed by atoms with E-state index in [0.717, 1.165) is 0 Å². The Bertz CT molecular complexity index is 879. The fraction of sp³-hybridized carbons (Fsp3) is 0.125. The van der Waals surface area contributed by atoms with E-state index in [0.29, 0.717) is 34.6 Å². The summed E-state index contributed by atoms with van der Waals surface area (Å²) in [6.07, 6.45) is 0. The van der Waals surface area contributed by atoms with Crippen molar-refractivity contribution in [3.8, 4) is 5.75 Å². The number of nitrogens with one attached hydrogen (secondary N) is 2. The smallest absolute Gasteiger partial charge is 0.257 e. The first-order chi connectivity index (χ1) is 11.7. The van der Waals surface area contributed by atoms with E-state index in [9.17, 15) is 4.79 Å². The number of nitrogens with zero attached hydrogens (tertiary/aromatic N) is 2. The van der Waals surface area contributed by atoms with Crippen LogP contribution in [0, 0.1) is 0 Å². The Morgan fingerprint density at radius 3 is 2.67 bits per heavy atom. The molecule has 1 amide bonds. The van der Waals surface area contributed by atoms with E-state index in [2.05, 4.69) is 20.9 Å². The standard InChI is InChI=1S/C16H14N4O3S/c1-2-22-12-9-8-11(13-14(12)20-23-19-13)17-16(24)18-15(21)10-6-4-3-5-7-10/h3-9H,2H2,1H3,(H2,17,18,21,24). The van der Waals surface area contributed by atoms with Gasteiger partial charge in [0.05, 0.1) is 12.3 Å². The first kappa shape index (κ1) is 15.9. The minimum atomic E-state index is -0.298. The highest BCUT2D eigenvalue weighted by molar-refractivity contribution is 7.80. The third kappa shape index (κ3) is 3.33. The van der Waals surface area contributed by atoms with Gasteiger partial charge in [0.2, 0.25) is 0 Å². The second kappa shape index (κ2) is 7.05. The van der Waals surface area contributed by atoms with Gasteiger partial charge in [0.15, 0.2) is 21.9 Å². The summed E-state index contributed by atoms with van der Waals surface area (Å²) in [5.41, 5.74) is 2.03. The number of carbonyl (C=O) groups excluding carboxylic acids is 1. The molecule has 0 unspecified atom stereocenters. The van der Waals surface area contributed by atoms with Gasteiger partial charge in [-0.3, -0.25) is 10.1 Å². The molecule has 0 radical (unpaired) electrons. The van der Waals surface area contributed by atoms with E-state index in [1.54, 1.807) is 36.4 Å². The molecule has 122 valence electrons. The Morgan fingerprint density at radius 2 is 1.92 bits per heavy atom. The number of benzene rings is 2. The Labute approximate surface area is 142 Å². The predicted molar refractivity (Wildman–Crippen MR) is 93.1 cm³/mol. The summed E-state index contributed by atoms with van der Waals surface area (Å²) >= 11 is 5.18. The zero-order valence-electron chi connectivity index (χ0n) is 12.8. The van der Waals surface area contributed by atoms with Gasteiger partial charge in [-0.05, 0) is 53.7 Å². The van der Waals surface area contributed by atoms with Crippen LogP contribution in [0.4, 0.5) is 5.69 Å². The van der Waals surface area contributed by atoms with Crippen LogP contribution in [-0.4, -0.2) is 27.9 Å². The summed E-state index contributed by atoms with van der Waals surface area (Å²) in [6.45, 7) is 2.38. The van der Waals surface area contributed by atoms with Crippen LogP contribution in [0.25, 0.3) is 11.0 Å². The number of rotatable bonds is 4. The van der Waals surface area contributed by atoms with Crippen LogP contribution in [-0.2, 0) is 0 Å². The molecule has 1 aromatic heterocycles. The van der Waals surface area contributed by atoms with Crippen molar-refractivity contribution < 1.29 is 14.2 Å². The Kier molecular flexibility index (Phi) is 4.66. The summed E-state index contributed by atoms with van der Waals surface area (Å²) in [4.78, 5) is 12.1. The minimum absolute atomic E-state index is 0.150. The number of amides is 1. The third-order valence-electron chi connectivity index (χ3n) is 3.19. The van der Waals surface area contributed by atoms with Crippen molar-refractivity contribution >= 4 is 40.0 Å². The molecule has 8 heteroatoms. The van der Waals surface area contributed by atoms with Gasteiger partial charge in [-0.15, -0.1) is 0 Å². The number of fused-ring (bicyclic) bond motifs is 1. The topological polar surface area (TPSA) is 89.3 Å². The molecule has 0 spiro atoms. The van der Waals surface area contributed by atoms with Gasteiger partial charge >= 0.3 is 0 Å². The van der Waals surface area contributed by atoms with Gasteiger partial charge in [-0.1, -0.05) is 18.2 Å². The number of anilines is 1. The summed E-state index contributed by atoms with van der Waals surface area (Å²) in [5, 5.41) is 13.4. The summed E-state index contributed by atoms with van der Waals surface area (Å²) in [6, 6.07) is 12.3. The number of thiocarbonyl (C=S) groups is 1. The van der Waals surface area contributed by atoms with Crippen molar-refractivity contribution in [3.05, 3.63) is 48.0 Å². The quantitative estimate of drug-likeness (QED) is 0.705. The lowest BCUT2D eigenvalue weighted by atomic mass is 10.2. The predicted octanol–water partition coefficient (Wildman–Crippen LogP) is 2.75. The maximum atomic E-state index is 12.1. The number of hydrogen-bond acceptors (Lipinski definition) is 6. The molecule has 7 nitrogen and oxygen atoms in total. The summed E-state index contributed by atoms with van der Waals surface area (Å²) in [7, 11) is 0. The maximum Gasteiger partial charge on any atom is 0.257 e. The Balaban J connectivity index is 1.75. The second-order valence-electron chi connectivity index (χ2n) is 4.78. The Morgan fingerprint density at radius 1 is 1.17 bits per heavy atom. The van der Waals surface area contributed by atoms with Crippen LogP contribution >= 0.6 is 12.2 Å². The molecule has 3 rings (SSSR count). The van der Waals surface area contributed by atoms with Crippen LogP contribution in [0.15, 0.2) is 47.1 Å². The zero-order chi connectivity index (χ0) is 16.9. The summed E-state index contributed by atoms with van der Waals surface area (Å²) in [5.74, 6) is 0.270.